The lowest BCUT2D eigenvalue weighted by atomic mass is 10.2. The van der Waals surface area contributed by atoms with Crippen molar-refractivity contribution in [1.82, 2.24) is 25.0 Å². The van der Waals surface area contributed by atoms with Gasteiger partial charge >= 0.3 is 0 Å². The molecular formula is C15H25N5O2. The molecule has 3 rings (SSSR count). The summed E-state index contributed by atoms with van der Waals surface area (Å²) in [6, 6.07) is 0. The van der Waals surface area contributed by atoms with Crippen molar-refractivity contribution in [3.05, 3.63) is 11.6 Å². The fourth-order valence-corrected chi connectivity index (χ4v) is 3.19. The number of carbonyl (C=O) groups is 1. The highest BCUT2D eigenvalue weighted by Gasteiger charge is 2.23. The molecule has 3 heterocycles. The van der Waals surface area contributed by atoms with E-state index >= 15 is 0 Å². The molecular weight excluding hydrogens is 282 g/mol. The first-order valence-electron chi connectivity index (χ1n) is 8.20. The predicted octanol–water partition coefficient (Wildman–Crippen LogP) is 0.369. The quantitative estimate of drug-likeness (QED) is 0.870. The van der Waals surface area contributed by atoms with E-state index in [1.807, 2.05) is 11.8 Å². The van der Waals surface area contributed by atoms with E-state index in [1.165, 1.54) is 12.8 Å². The zero-order valence-electron chi connectivity index (χ0n) is 13.3. The Labute approximate surface area is 131 Å². The topological polar surface area (TPSA) is 74.3 Å². The number of aryl methyl sites for hydroxylation is 1. The van der Waals surface area contributed by atoms with Crippen LogP contribution in [0.2, 0.25) is 0 Å². The van der Waals surface area contributed by atoms with E-state index in [-0.39, 0.29) is 12.3 Å². The highest BCUT2D eigenvalue weighted by Crippen LogP contribution is 2.14. The number of aromatic amines is 1. The van der Waals surface area contributed by atoms with Crippen LogP contribution in [0.4, 0.5) is 0 Å². The standard InChI is InChI=1S/C15H25N5O2/c1-12-16-14(18-17-12)10-15(21)20-6-3-5-19(7-8-20)11-13-4-2-9-22-13/h13H,2-11H2,1H3,(H,16,17,18). The van der Waals surface area contributed by atoms with Crippen LogP contribution in [-0.2, 0) is 16.0 Å². The first-order valence-corrected chi connectivity index (χ1v) is 8.20. The molecule has 2 fully saturated rings. The molecule has 1 aromatic heterocycles. The summed E-state index contributed by atoms with van der Waals surface area (Å²) in [6.45, 7) is 7.33. The van der Waals surface area contributed by atoms with Crippen molar-refractivity contribution in [3.63, 3.8) is 0 Å². The van der Waals surface area contributed by atoms with Crippen LogP contribution in [-0.4, -0.2) is 76.3 Å². The second kappa shape index (κ2) is 7.19. The van der Waals surface area contributed by atoms with Crippen LogP contribution in [0.5, 0.6) is 0 Å². The Balaban J connectivity index is 1.47. The Kier molecular flexibility index (Phi) is 5.04. The summed E-state index contributed by atoms with van der Waals surface area (Å²) in [5.41, 5.74) is 0. The summed E-state index contributed by atoms with van der Waals surface area (Å²) in [7, 11) is 0. The van der Waals surface area contributed by atoms with Crippen molar-refractivity contribution >= 4 is 5.91 Å². The Hall–Kier alpha value is -1.47. The second-order valence-corrected chi connectivity index (χ2v) is 6.18. The minimum absolute atomic E-state index is 0.123. The van der Waals surface area contributed by atoms with E-state index in [9.17, 15) is 4.79 Å². The van der Waals surface area contributed by atoms with Gasteiger partial charge in [-0.15, -0.1) is 0 Å². The summed E-state index contributed by atoms with van der Waals surface area (Å²) in [4.78, 5) is 21.0. The van der Waals surface area contributed by atoms with Gasteiger partial charge in [0, 0.05) is 32.8 Å². The second-order valence-electron chi connectivity index (χ2n) is 6.18. The van der Waals surface area contributed by atoms with Gasteiger partial charge in [-0.2, -0.15) is 5.10 Å². The lowest BCUT2D eigenvalue weighted by molar-refractivity contribution is -0.130. The highest BCUT2D eigenvalue weighted by atomic mass is 16.5. The number of nitrogens with one attached hydrogen (secondary N) is 1. The lowest BCUT2D eigenvalue weighted by Gasteiger charge is -2.23. The zero-order valence-corrected chi connectivity index (χ0v) is 13.3. The number of hydrogen-bond donors (Lipinski definition) is 1. The van der Waals surface area contributed by atoms with E-state index in [2.05, 4.69) is 20.1 Å². The fourth-order valence-electron chi connectivity index (χ4n) is 3.19. The molecule has 122 valence electrons. The van der Waals surface area contributed by atoms with Crippen molar-refractivity contribution in [1.29, 1.82) is 0 Å². The first kappa shape index (κ1) is 15.4. The molecule has 0 bridgehead atoms. The summed E-state index contributed by atoms with van der Waals surface area (Å²) < 4.78 is 5.71. The number of amides is 1. The van der Waals surface area contributed by atoms with Crippen LogP contribution in [0, 0.1) is 6.92 Å². The van der Waals surface area contributed by atoms with E-state index in [1.54, 1.807) is 0 Å². The number of H-pyrrole nitrogens is 1. The molecule has 0 spiro atoms. The summed E-state index contributed by atoms with van der Waals surface area (Å²) in [5, 5.41) is 6.83. The number of carbonyl (C=O) groups excluding carboxylic acids is 1. The van der Waals surface area contributed by atoms with E-state index in [0.29, 0.717) is 11.9 Å². The Morgan fingerprint density at radius 2 is 2.23 bits per heavy atom. The molecule has 1 unspecified atom stereocenters. The number of hydrogen-bond acceptors (Lipinski definition) is 5. The molecule has 22 heavy (non-hydrogen) atoms. The average molecular weight is 307 g/mol. The third-order valence-electron chi connectivity index (χ3n) is 4.38. The summed E-state index contributed by atoms with van der Waals surface area (Å²) in [5.74, 6) is 1.46. The van der Waals surface area contributed by atoms with E-state index in [0.717, 1.165) is 51.6 Å². The monoisotopic (exact) mass is 307 g/mol. The fraction of sp³-hybridized carbons (Fsp3) is 0.800. The molecule has 0 aliphatic carbocycles. The molecule has 1 atom stereocenters. The van der Waals surface area contributed by atoms with Crippen molar-refractivity contribution in [2.45, 2.75) is 38.7 Å². The number of rotatable bonds is 4. The molecule has 0 aromatic carbocycles. The lowest BCUT2D eigenvalue weighted by Crippen LogP contribution is -2.38. The van der Waals surface area contributed by atoms with Gasteiger partial charge in [0.2, 0.25) is 5.91 Å². The largest absolute Gasteiger partial charge is 0.377 e. The van der Waals surface area contributed by atoms with Gasteiger partial charge in [0.1, 0.15) is 5.82 Å². The van der Waals surface area contributed by atoms with Crippen LogP contribution >= 0.6 is 0 Å². The minimum atomic E-state index is 0.123. The van der Waals surface area contributed by atoms with Crippen LogP contribution < -0.4 is 0 Å². The molecule has 2 aliphatic heterocycles. The van der Waals surface area contributed by atoms with Gasteiger partial charge in [0.15, 0.2) is 5.82 Å². The molecule has 2 saturated heterocycles. The molecule has 0 radical (unpaired) electrons. The van der Waals surface area contributed by atoms with Gasteiger partial charge in [0.25, 0.3) is 0 Å². The Bertz CT molecular complexity index is 498. The van der Waals surface area contributed by atoms with Gasteiger partial charge in [0.05, 0.1) is 12.5 Å². The summed E-state index contributed by atoms with van der Waals surface area (Å²) in [6.07, 6.45) is 4.04. The van der Waals surface area contributed by atoms with Gasteiger partial charge in [-0.25, -0.2) is 4.98 Å². The third kappa shape index (κ3) is 4.04. The zero-order chi connectivity index (χ0) is 15.4. The molecule has 2 aliphatic rings. The predicted molar refractivity (Wildman–Crippen MR) is 81.4 cm³/mol. The van der Waals surface area contributed by atoms with Crippen molar-refractivity contribution < 1.29 is 9.53 Å². The van der Waals surface area contributed by atoms with Gasteiger partial charge in [-0.05, 0) is 32.7 Å². The SMILES string of the molecule is Cc1nc(CC(=O)N2CCCN(CC3CCCO3)CC2)n[nH]1. The normalized spacial score (nSPS) is 23.7. The maximum absolute atomic E-state index is 12.4. The van der Waals surface area contributed by atoms with Crippen LogP contribution in [0.3, 0.4) is 0 Å². The number of aromatic nitrogens is 3. The Morgan fingerprint density at radius 3 is 2.95 bits per heavy atom. The van der Waals surface area contributed by atoms with Crippen LogP contribution in [0.25, 0.3) is 0 Å². The van der Waals surface area contributed by atoms with Crippen molar-refractivity contribution in [2.24, 2.45) is 0 Å². The number of ether oxygens (including phenoxy) is 1. The third-order valence-corrected chi connectivity index (χ3v) is 4.38. The summed E-state index contributed by atoms with van der Waals surface area (Å²) >= 11 is 0. The maximum Gasteiger partial charge on any atom is 0.230 e. The van der Waals surface area contributed by atoms with E-state index in [4.69, 9.17) is 4.74 Å². The average Bonchev–Trinajstić information content (AvgIpc) is 3.07. The number of nitrogens with zero attached hydrogens (tertiary/aromatic N) is 4. The molecule has 1 aromatic rings. The molecule has 1 N–H and O–H groups in total. The van der Waals surface area contributed by atoms with E-state index < -0.39 is 0 Å². The van der Waals surface area contributed by atoms with Gasteiger partial charge in [-0.1, -0.05) is 0 Å². The minimum Gasteiger partial charge on any atom is -0.377 e. The smallest absolute Gasteiger partial charge is 0.230 e. The first-order chi connectivity index (χ1) is 10.7. The maximum atomic E-state index is 12.4. The van der Waals surface area contributed by atoms with Crippen LogP contribution in [0.15, 0.2) is 0 Å². The Morgan fingerprint density at radius 1 is 1.32 bits per heavy atom. The van der Waals surface area contributed by atoms with Crippen molar-refractivity contribution in [3.8, 4) is 0 Å². The molecule has 7 nitrogen and oxygen atoms in total. The van der Waals surface area contributed by atoms with Gasteiger partial charge < -0.3 is 9.64 Å². The highest BCUT2D eigenvalue weighted by molar-refractivity contribution is 5.78. The molecule has 0 saturated carbocycles. The molecule has 7 heteroatoms. The van der Waals surface area contributed by atoms with Crippen molar-refractivity contribution in [2.75, 3.05) is 39.3 Å². The van der Waals surface area contributed by atoms with Gasteiger partial charge in [-0.3, -0.25) is 14.8 Å². The molecule has 1 amide bonds. The van der Waals surface area contributed by atoms with Crippen LogP contribution in [0.1, 0.15) is 30.9 Å².